The second kappa shape index (κ2) is 16.2. The van der Waals surface area contributed by atoms with Crippen LogP contribution in [0.2, 0.25) is 0 Å². The molecule has 2 N–H and O–H groups in total. The summed E-state index contributed by atoms with van der Waals surface area (Å²) in [6, 6.07) is 10.2. The van der Waals surface area contributed by atoms with E-state index in [9.17, 15) is 14.4 Å². The number of carbonyl (C=O) groups excluding carboxylic acids is 3. The molecule has 0 bridgehead atoms. The number of hydrogen-bond donors (Lipinski definition) is 2. The van der Waals surface area contributed by atoms with Crippen molar-refractivity contribution in [3.05, 3.63) is 30.3 Å². The van der Waals surface area contributed by atoms with Crippen LogP contribution in [-0.4, -0.2) is 46.1 Å². The maximum atomic E-state index is 13.7. The third-order valence-corrected chi connectivity index (χ3v) is 9.48. The van der Waals surface area contributed by atoms with Gasteiger partial charge >= 0.3 is 6.03 Å². The van der Waals surface area contributed by atoms with Crippen molar-refractivity contribution >= 4 is 29.6 Å². The molecular formula is C31H49N3O3S. The van der Waals surface area contributed by atoms with Crippen LogP contribution in [0.3, 0.4) is 0 Å². The predicted molar refractivity (Wildman–Crippen MR) is 156 cm³/mol. The van der Waals surface area contributed by atoms with Crippen LogP contribution in [0, 0.1) is 0 Å². The van der Waals surface area contributed by atoms with Gasteiger partial charge in [0.15, 0.2) is 0 Å². The first-order chi connectivity index (χ1) is 18.4. The zero-order valence-electron chi connectivity index (χ0n) is 23.6. The van der Waals surface area contributed by atoms with Crippen LogP contribution >= 0.6 is 11.8 Å². The summed E-state index contributed by atoms with van der Waals surface area (Å²) in [5, 5.41) is 6.23. The van der Waals surface area contributed by atoms with Gasteiger partial charge in [-0.2, -0.15) is 0 Å². The number of benzene rings is 1. The Balaban J connectivity index is 1.67. The summed E-state index contributed by atoms with van der Waals surface area (Å²) in [6.45, 7) is 4.98. The molecule has 0 aromatic heterocycles. The molecule has 1 aromatic rings. The molecule has 2 aliphatic carbocycles. The number of nitrogens with one attached hydrogen (secondary N) is 2. The Morgan fingerprint density at radius 2 is 1.55 bits per heavy atom. The summed E-state index contributed by atoms with van der Waals surface area (Å²) < 4.78 is -0.294. The Labute approximate surface area is 234 Å². The van der Waals surface area contributed by atoms with E-state index < -0.39 is 0 Å². The molecule has 0 aliphatic heterocycles. The van der Waals surface area contributed by atoms with E-state index in [1.54, 1.807) is 16.7 Å². The first-order valence-electron chi connectivity index (χ1n) is 15.0. The van der Waals surface area contributed by atoms with E-state index in [1.165, 1.54) is 12.8 Å². The van der Waals surface area contributed by atoms with Crippen LogP contribution in [0.1, 0.15) is 117 Å². The smallest absolute Gasteiger partial charge is 0.324 e. The quantitative estimate of drug-likeness (QED) is 0.203. The molecule has 0 saturated heterocycles. The molecule has 6 nitrogen and oxygen atoms in total. The van der Waals surface area contributed by atoms with Crippen molar-refractivity contribution in [1.82, 2.24) is 15.5 Å². The van der Waals surface area contributed by atoms with Gasteiger partial charge in [0.25, 0.3) is 0 Å². The van der Waals surface area contributed by atoms with E-state index in [1.807, 2.05) is 18.2 Å². The molecule has 2 fully saturated rings. The molecule has 1 aromatic carbocycles. The Hall–Kier alpha value is -2.02. The molecule has 7 heteroatoms. The fraction of sp³-hybridized carbons (Fsp3) is 0.710. The van der Waals surface area contributed by atoms with Crippen LogP contribution in [0.4, 0.5) is 4.79 Å². The summed E-state index contributed by atoms with van der Waals surface area (Å²) in [4.78, 5) is 42.4. The van der Waals surface area contributed by atoms with Crippen LogP contribution in [-0.2, 0) is 9.59 Å². The maximum absolute atomic E-state index is 13.7. The normalized spacial score (nSPS) is 18.4. The van der Waals surface area contributed by atoms with Crippen molar-refractivity contribution in [1.29, 1.82) is 0 Å². The van der Waals surface area contributed by atoms with Gasteiger partial charge in [0.1, 0.15) is 0 Å². The lowest BCUT2D eigenvalue weighted by molar-refractivity contribution is -0.130. The lowest BCUT2D eigenvalue weighted by atomic mass is 9.93. The highest BCUT2D eigenvalue weighted by molar-refractivity contribution is 8.00. The number of urea groups is 1. The predicted octanol–water partition coefficient (Wildman–Crippen LogP) is 7.22. The van der Waals surface area contributed by atoms with Gasteiger partial charge in [-0.1, -0.05) is 77.0 Å². The molecule has 38 heavy (non-hydrogen) atoms. The van der Waals surface area contributed by atoms with Gasteiger partial charge in [-0.3, -0.25) is 14.5 Å². The van der Waals surface area contributed by atoms with Crippen molar-refractivity contribution < 1.29 is 14.4 Å². The summed E-state index contributed by atoms with van der Waals surface area (Å²) >= 11 is 1.74. The minimum Gasteiger partial charge on any atom is -0.356 e. The highest BCUT2D eigenvalue weighted by atomic mass is 32.2. The molecule has 1 atom stereocenters. The van der Waals surface area contributed by atoms with Crippen molar-refractivity contribution in [3.8, 4) is 0 Å². The molecular weight excluding hydrogens is 494 g/mol. The number of nitrogens with zero attached hydrogens (tertiary/aromatic N) is 1. The molecule has 2 saturated carbocycles. The molecule has 1 unspecified atom stereocenters. The van der Waals surface area contributed by atoms with Gasteiger partial charge in [-0.25, -0.2) is 4.79 Å². The van der Waals surface area contributed by atoms with E-state index in [4.69, 9.17) is 0 Å². The van der Waals surface area contributed by atoms with Gasteiger partial charge in [0, 0.05) is 41.1 Å². The number of imide groups is 1. The molecule has 3 rings (SSSR count). The van der Waals surface area contributed by atoms with Crippen LogP contribution in [0.5, 0.6) is 0 Å². The Kier molecular flexibility index (Phi) is 13.0. The highest BCUT2D eigenvalue weighted by Crippen LogP contribution is 2.40. The Morgan fingerprint density at radius 3 is 2.21 bits per heavy atom. The molecule has 212 valence electrons. The summed E-state index contributed by atoms with van der Waals surface area (Å²) in [6.07, 6.45) is 14.7. The summed E-state index contributed by atoms with van der Waals surface area (Å²) in [7, 11) is 0. The van der Waals surface area contributed by atoms with E-state index in [-0.39, 0.29) is 34.7 Å². The highest BCUT2D eigenvalue weighted by Gasteiger charge is 2.34. The van der Waals surface area contributed by atoms with Gasteiger partial charge < -0.3 is 10.6 Å². The largest absolute Gasteiger partial charge is 0.356 e. The SMILES string of the molecule is CCCCNC(=O)CCC(C)(CCC(=O)N(C(=O)NC1CCCCC1)C1CCCCC1)Sc1ccccc1. The van der Waals surface area contributed by atoms with E-state index >= 15 is 0 Å². The molecule has 2 aliphatic rings. The van der Waals surface area contributed by atoms with Crippen molar-refractivity contribution in [2.75, 3.05) is 6.54 Å². The Morgan fingerprint density at radius 1 is 0.921 bits per heavy atom. The number of unbranched alkanes of at least 4 members (excludes halogenated alkanes) is 1. The second-order valence-electron chi connectivity index (χ2n) is 11.4. The number of hydrogen-bond acceptors (Lipinski definition) is 4. The average molecular weight is 544 g/mol. The average Bonchev–Trinajstić information content (AvgIpc) is 2.93. The zero-order chi connectivity index (χ0) is 27.2. The van der Waals surface area contributed by atoms with E-state index in [0.717, 1.165) is 69.1 Å². The first-order valence-corrected chi connectivity index (χ1v) is 15.8. The number of amides is 4. The fourth-order valence-electron chi connectivity index (χ4n) is 5.68. The van der Waals surface area contributed by atoms with E-state index in [0.29, 0.717) is 32.2 Å². The van der Waals surface area contributed by atoms with Gasteiger partial charge in [0.2, 0.25) is 11.8 Å². The lowest BCUT2D eigenvalue weighted by Gasteiger charge is -2.36. The van der Waals surface area contributed by atoms with Gasteiger partial charge in [-0.05, 0) is 57.1 Å². The standard InChI is InChI=1S/C31H49N3O3S/c1-3-4-24-32-28(35)20-22-31(2,38-27-18-12-7-13-19-27)23-21-29(36)34(26-16-10-6-11-17-26)30(37)33-25-14-8-5-9-15-25/h7,12-13,18-19,25-26H,3-6,8-11,14-17,20-24H2,1-2H3,(H,32,35)(H,33,37). The monoisotopic (exact) mass is 543 g/mol. The van der Waals surface area contributed by atoms with Gasteiger partial charge in [0.05, 0.1) is 0 Å². The van der Waals surface area contributed by atoms with Crippen molar-refractivity contribution in [2.45, 2.75) is 138 Å². The molecule has 4 amide bonds. The second-order valence-corrected chi connectivity index (χ2v) is 13.1. The molecule has 0 spiro atoms. The van der Waals surface area contributed by atoms with Gasteiger partial charge in [-0.15, -0.1) is 11.8 Å². The van der Waals surface area contributed by atoms with Crippen molar-refractivity contribution in [3.63, 3.8) is 0 Å². The van der Waals surface area contributed by atoms with Crippen molar-refractivity contribution in [2.24, 2.45) is 0 Å². The molecule has 0 radical (unpaired) electrons. The summed E-state index contributed by atoms with van der Waals surface area (Å²) in [5.41, 5.74) is 0. The number of thioether (sulfide) groups is 1. The number of rotatable bonds is 13. The van der Waals surface area contributed by atoms with Crippen LogP contribution in [0.15, 0.2) is 35.2 Å². The van der Waals surface area contributed by atoms with Crippen LogP contribution in [0.25, 0.3) is 0 Å². The summed E-state index contributed by atoms with van der Waals surface area (Å²) in [5.74, 6) is -0.00199. The molecule has 0 heterocycles. The number of carbonyl (C=O) groups is 3. The fourth-order valence-corrected chi connectivity index (χ4v) is 6.95. The minimum absolute atomic E-state index is 0.00258. The first kappa shape index (κ1) is 30.5. The lowest BCUT2D eigenvalue weighted by Crippen LogP contribution is -2.53. The zero-order valence-corrected chi connectivity index (χ0v) is 24.5. The Bertz CT molecular complexity index is 868. The third kappa shape index (κ3) is 10.3. The topological polar surface area (TPSA) is 78.5 Å². The maximum Gasteiger partial charge on any atom is 0.324 e. The minimum atomic E-state index is -0.294. The third-order valence-electron chi connectivity index (χ3n) is 8.07. The van der Waals surface area contributed by atoms with Crippen LogP contribution < -0.4 is 10.6 Å². The van der Waals surface area contributed by atoms with E-state index in [2.05, 4.69) is 36.6 Å².